The summed E-state index contributed by atoms with van der Waals surface area (Å²) in [6.07, 6.45) is 6.66. The molecule has 1 aliphatic carbocycles. The van der Waals surface area contributed by atoms with E-state index in [1.807, 2.05) is 26.0 Å². The average molecular weight is 425 g/mol. The Hall–Kier alpha value is -2.89. The molecule has 2 aromatic rings. The summed E-state index contributed by atoms with van der Waals surface area (Å²) < 4.78 is 0. The number of anilines is 1. The first-order chi connectivity index (χ1) is 14.8. The Balaban J connectivity index is 1.90. The number of rotatable bonds is 7. The van der Waals surface area contributed by atoms with Crippen LogP contribution in [0.25, 0.3) is 0 Å². The predicted molar refractivity (Wildman–Crippen MR) is 121 cm³/mol. The van der Waals surface area contributed by atoms with Gasteiger partial charge < -0.3 is 15.5 Å². The zero-order chi connectivity index (χ0) is 22.5. The second-order valence-corrected chi connectivity index (χ2v) is 8.51. The van der Waals surface area contributed by atoms with Crippen LogP contribution < -0.4 is 5.32 Å². The van der Waals surface area contributed by atoms with E-state index in [1.54, 1.807) is 6.07 Å². The number of aromatic nitrogens is 1. The molecule has 0 spiro atoms. The van der Waals surface area contributed by atoms with E-state index in [4.69, 9.17) is 10.1 Å². The van der Waals surface area contributed by atoms with Crippen LogP contribution in [0.2, 0.25) is 0 Å². The molecule has 0 atom stereocenters. The number of nitrogens with zero attached hydrogens (tertiary/aromatic N) is 1. The van der Waals surface area contributed by atoms with Crippen molar-refractivity contribution in [1.82, 2.24) is 4.98 Å². The van der Waals surface area contributed by atoms with Crippen LogP contribution in [0.4, 0.5) is 5.69 Å². The third-order valence-electron chi connectivity index (χ3n) is 6.31. The van der Waals surface area contributed by atoms with Gasteiger partial charge in [-0.15, -0.1) is 0 Å². The molecule has 0 radical (unpaired) electrons. The maximum absolute atomic E-state index is 12.0. The summed E-state index contributed by atoms with van der Waals surface area (Å²) in [6, 6.07) is 5.56. The Bertz CT molecular complexity index is 978. The Morgan fingerprint density at radius 3 is 2.48 bits per heavy atom. The second kappa shape index (κ2) is 9.94. The van der Waals surface area contributed by atoms with Crippen molar-refractivity contribution in [3.8, 4) is 5.75 Å². The molecule has 1 amide bonds. The number of carboxylic acid groups (broad SMARTS) is 1. The smallest absolute Gasteiger partial charge is 0.312 e. The van der Waals surface area contributed by atoms with Crippen molar-refractivity contribution in [2.24, 2.45) is 0 Å². The van der Waals surface area contributed by atoms with E-state index in [1.165, 1.54) is 24.8 Å². The zero-order valence-electron chi connectivity index (χ0n) is 18.6. The quantitative estimate of drug-likeness (QED) is 0.542. The van der Waals surface area contributed by atoms with Crippen molar-refractivity contribution in [2.45, 2.75) is 78.1 Å². The first-order valence-electron chi connectivity index (χ1n) is 11.1. The minimum Gasteiger partial charge on any atom is -0.506 e. The van der Waals surface area contributed by atoms with Gasteiger partial charge in [0, 0.05) is 23.7 Å². The van der Waals surface area contributed by atoms with Gasteiger partial charge in [-0.05, 0) is 73.6 Å². The Morgan fingerprint density at radius 1 is 1.13 bits per heavy atom. The summed E-state index contributed by atoms with van der Waals surface area (Å²) in [6.45, 7) is 6.03. The average Bonchev–Trinajstić information content (AvgIpc) is 2.73. The van der Waals surface area contributed by atoms with Crippen LogP contribution in [-0.2, 0) is 22.4 Å². The number of carboxylic acids is 1. The van der Waals surface area contributed by atoms with Gasteiger partial charge in [-0.25, -0.2) is 0 Å². The van der Waals surface area contributed by atoms with Gasteiger partial charge in [0.2, 0.25) is 5.91 Å². The van der Waals surface area contributed by atoms with Crippen LogP contribution in [0.3, 0.4) is 0 Å². The van der Waals surface area contributed by atoms with E-state index in [-0.39, 0.29) is 5.75 Å². The SMILES string of the molecule is CCc1c(C)c(NC(=O)CC(=O)O)cc(C)c1Cc1ccc(O)c(C2CCCCC2)n1. The van der Waals surface area contributed by atoms with Gasteiger partial charge in [0.05, 0.1) is 5.69 Å². The maximum atomic E-state index is 12.0. The molecule has 3 N–H and O–H groups in total. The lowest BCUT2D eigenvalue weighted by molar-refractivity contribution is -0.139. The van der Waals surface area contributed by atoms with E-state index in [0.29, 0.717) is 18.0 Å². The number of carbonyl (C=O) groups excluding carboxylic acids is 1. The highest BCUT2D eigenvalue weighted by Crippen LogP contribution is 2.36. The lowest BCUT2D eigenvalue weighted by Crippen LogP contribution is -2.17. The van der Waals surface area contributed by atoms with Gasteiger partial charge in [0.25, 0.3) is 0 Å². The molecule has 0 unspecified atom stereocenters. The van der Waals surface area contributed by atoms with Gasteiger partial charge in [-0.2, -0.15) is 0 Å². The van der Waals surface area contributed by atoms with E-state index < -0.39 is 18.3 Å². The number of carbonyl (C=O) groups is 2. The highest BCUT2D eigenvalue weighted by atomic mass is 16.4. The molecule has 0 saturated heterocycles. The highest BCUT2D eigenvalue weighted by molar-refractivity contribution is 6.01. The van der Waals surface area contributed by atoms with E-state index in [2.05, 4.69) is 12.2 Å². The number of benzene rings is 1. The normalized spacial score (nSPS) is 14.4. The topological polar surface area (TPSA) is 99.5 Å². The van der Waals surface area contributed by atoms with Crippen molar-refractivity contribution >= 4 is 17.6 Å². The molecule has 1 aromatic carbocycles. The number of hydrogen-bond acceptors (Lipinski definition) is 4. The molecule has 1 heterocycles. The molecule has 1 aliphatic rings. The largest absolute Gasteiger partial charge is 0.506 e. The van der Waals surface area contributed by atoms with Crippen molar-refractivity contribution in [3.63, 3.8) is 0 Å². The fourth-order valence-corrected chi connectivity index (χ4v) is 4.69. The minimum atomic E-state index is -1.15. The molecule has 0 bridgehead atoms. The fraction of sp³-hybridized carbons (Fsp3) is 0.480. The summed E-state index contributed by atoms with van der Waals surface area (Å²) >= 11 is 0. The molecule has 6 nitrogen and oxygen atoms in total. The molecule has 31 heavy (non-hydrogen) atoms. The molecular formula is C25H32N2O4. The molecule has 1 saturated carbocycles. The molecule has 3 rings (SSSR count). The molecule has 166 valence electrons. The van der Waals surface area contributed by atoms with Gasteiger partial charge in [0.1, 0.15) is 12.2 Å². The molecule has 1 fully saturated rings. The Morgan fingerprint density at radius 2 is 1.84 bits per heavy atom. The molecular weight excluding hydrogens is 392 g/mol. The number of pyridine rings is 1. The van der Waals surface area contributed by atoms with Crippen LogP contribution in [-0.4, -0.2) is 27.1 Å². The summed E-state index contributed by atoms with van der Waals surface area (Å²) in [5, 5.41) is 22.0. The van der Waals surface area contributed by atoms with Crippen molar-refractivity contribution in [3.05, 3.63) is 51.8 Å². The van der Waals surface area contributed by atoms with Crippen molar-refractivity contribution < 1.29 is 19.8 Å². The number of aliphatic carboxylic acids is 1. The van der Waals surface area contributed by atoms with Crippen LogP contribution in [0.15, 0.2) is 18.2 Å². The van der Waals surface area contributed by atoms with Crippen molar-refractivity contribution in [2.75, 3.05) is 5.32 Å². The Labute approximate surface area is 183 Å². The number of nitrogens with one attached hydrogen (secondary N) is 1. The predicted octanol–water partition coefficient (Wildman–Crippen LogP) is 5.02. The van der Waals surface area contributed by atoms with Crippen LogP contribution in [0.5, 0.6) is 5.75 Å². The number of aryl methyl sites for hydroxylation is 1. The maximum Gasteiger partial charge on any atom is 0.312 e. The first kappa shape index (κ1) is 22.8. The summed E-state index contributed by atoms with van der Waals surface area (Å²) in [5.41, 5.74) is 6.70. The summed E-state index contributed by atoms with van der Waals surface area (Å²) in [4.78, 5) is 27.6. The third kappa shape index (κ3) is 5.43. The Kier molecular flexibility index (Phi) is 7.31. The first-order valence-corrected chi connectivity index (χ1v) is 11.1. The molecule has 1 aromatic heterocycles. The fourth-order valence-electron chi connectivity index (χ4n) is 4.69. The van der Waals surface area contributed by atoms with Gasteiger partial charge in [0.15, 0.2) is 0 Å². The molecule has 6 heteroatoms. The van der Waals surface area contributed by atoms with E-state index >= 15 is 0 Å². The number of amides is 1. The highest BCUT2D eigenvalue weighted by Gasteiger charge is 2.21. The lowest BCUT2D eigenvalue weighted by atomic mass is 9.86. The monoisotopic (exact) mass is 424 g/mol. The standard InChI is InChI=1S/C25H32N2O4/c1-4-19-16(3)21(27-23(29)14-24(30)31)12-15(2)20(19)13-18-10-11-22(28)25(26-18)17-8-6-5-7-9-17/h10-12,17,28H,4-9,13-14H2,1-3H3,(H,27,29)(H,30,31). The summed E-state index contributed by atoms with van der Waals surface area (Å²) in [7, 11) is 0. The van der Waals surface area contributed by atoms with E-state index in [9.17, 15) is 14.7 Å². The lowest BCUT2D eigenvalue weighted by Gasteiger charge is -2.23. The van der Waals surface area contributed by atoms with Crippen LogP contribution in [0, 0.1) is 13.8 Å². The van der Waals surface area contributed by atoms with Crippen LogP contribution >= 0.6 is 0 Å². The number of aromatic hydroxyl groups is 1. The van der Waals surface area contributed by atoms with Gasteiger partial charge in [-0.3, -0.25) is 14.6 Å². The summed E-state index contributed by atoms with van der Waals surface area (Å²) in [5.74, 6) is -1.06. The molecule has 0 aliphatic heterocycles. The van der Waals surface area contributed by atoms with Crippen molar-refractivity contribution in [1.29, 1.82) is 0 Å². The minimum absolute atomic E-state index is 0.288. The van der Waals surface area contributed by atoms with Gasteiger partial charge >= 0.3 is 5.97 Å². The van der Waals surface area contributed by atoms with Crippen LogP contribution in [0.1, 0.15) is 85.0 Å². The zero-order valence-corrected chi connectivity index (χ0v) is 18.6. The number of hydrogen-bond donors (Lipinski definition) is 3. The second-order valence-electron chi connectivity index (χ2n) is 8.51. The third-order valence-corrected chi connectivity index (χ3v) is 6.31. The van der Waals surface area contributed by atoms with E-state index in [0.717, 1.165) is 47.3 Å². The van der Waals surface area contributed by atoms with Gasteiger partial charge in [-0.1, -0.05) is 26.2 Å².